The van der Waals surface area contributed by atoms with Crippen LogP contribution in [-0.2, 0) is 25.5 Å². The van der Waals surface area contributed by atoms with Gasteiger partial charge in [-0.05, 0) is 94.4 Å². The Bertz CT molecular complexity index is 1540. The molecule has 6 rings (SSSR count). The maximum atomic E-state index is 15.9. The summed E-state index contributed by atoms with van der Waals surface area (Å²) in [5, 5.41) is 2.95. The van der Waals surface area contributed by atoms with Crippen LogP contribution in [0, 0.1) is 11.8 Å². The highest BCUT2D eigenvalue weighted by molar-refractivity contribution is 7.89. The predicted octanol–water partition coefficient (Wildman–Crippen LogP) is 4.48. The monoisotopic (exact) mass is 692 g/mol. The van der Waals surface area contributed by atoms with Crippen molar-refractivity contribution in [1.82, 2.24) is 19.5 Å². The number of rotatable bonds is 10. The van der Waals surface area contributed by atoms with E-state index in [1.807, 2.05) is 0 Å². The number of amides is 2. The summed E-state index contributed by atoms with van der Waals surface area (Å²) in [6.45, 7) is 4.98. The summed E-state index contributed by atoms with van der Waals surface area (Å²) in [5.74, 6) is -4.05. The number of piperazine rings is 1. The van der Waals surface area contributed by atoms with Crippen LogP contribution in [0.4, 0.5) is 20.3 Å². The Balaban J connectivity index is 1.03. The number of sulfonamides is 1. The largest absolute Gasteiger partial charge is 0.355 e. The summed E-state index contributed by atoms with van der Waals surface area (Å²) in [4.78, 5) is 35.0. The zero-order valence-electron chi connectivity index (χ0n) is 26.6. The van der Waals surface area contributed by atoms with E-state index < -0.39 is 21.9 Å². The number of nitrogens with zero attached hydrogens (tertiary/aromatic N) is 5. The molecule has 0 spiro atoms. The van der Waals surface area contributed by atoms with Crippen LogP contribution >= 0.6 is 11.6 Å². The molecule has 1 aromatic carbocycles. The summed E-state index contributed by atoms with van der Waals surface area (Å²) in [6, 6.07) is 8.92. The van der Waals surface area contributed by atoms with E-state index in [2.05, 4.69) is 15.2 Å². The van der Waals surface area contributed by atoms with Crippen molar-refractivity contribution < 1.29 is 26.8 Å². The molecule has 0 radical (unpaired) electrons. The molecule has 0 atom stereocenters. The van der Waals surface area contributed by atoms with Gasteiger partial charge >= 0.3 is 0 Å². The molecule has 2 amide bonds. The summed E-state index contributed by atoms with van der Waals surface area (Å²) in [6.07, 6.45) is 4.95. The number of anilines is 2. The second kappa shape index (κ2) is 14.3. The number of carbonyl (C=O) groups excluding carboxylic acids is 2. The Kier molecular flexibility index (Phi) is 10.4. The van der Waals surface area contributed by atoms with Crippen molar-refractivity contribution in [3.8, 4) is 0 Å². The number of alkyl halides is 2. The second-order valence-electron chi connectivity index (χ2n) is 13.1. The minimum absolute atomic E-state index is 0.0302. The minimum Gasteiger partial charge on any atom is -0.355 e. The van der Waals surface area contributed by atoms with Crippen LogP contribution in [0.2, 0.25) is 5.15 Å². The highest BCUT2D eigenvalue weighted by Gasteiger charge is 2.44. The number of carbonyl (C=O) groups is 2. The molecule has 3 saturated heterocycles. The summed E-state index contributed by atoms with van der Waals surface area (Å²) >= 11 is 6.27. The lowest BCUT2D eigenvalue weighted by Gasteiger charge is -2.36. The van der Waals surface area contributed by atoms with Gasteiger partial charge in [-0.1, -0.05) is 11.6 Å². The number of hydrogen-bond donors (Lipinski definition) is 1. The zero-order valence-corrected chi connectivity index (χ0v) is 28.1. The van der Waals surface area contributed by atoms with Gasteiger partial charge in [-0.2, -0.15) is 4.31 Å². The molecule has 1 saturated carbocycles. The van der Waals surface area contributed by atoms with E-state index in [0.717, 1.165) is 26.1 Å². The topological polar surface area (TPSA) is 106 Å². The minimum atomic E-state index is -3.79. The van der Waals surface area contributed by atoms with Crippen LogP contribution < -0.4 is 15.1 Å². The average Bonchev–Trinajstić information content (AvgIpc) is 3.76. The molecule has 4 fully saturated rings. The first-order chi connectivity index (χ1) is 22.5. The Morgan fingerprint density at radius 3 is 2.26 bits per heavy atom. The fourth-order valence-electron chi connectivity index (χ4n) is 7.30. The Morgan fingerprint density at radius 2 is 1.62 bits per heavy atom. The molecule has 3 aliphatic heterocycles. The van der Waals surface area contributed by atoms with Crippen molar-refractivity contribution in [2.75, 3.05) is 68.7 Å². The quantitative estimate of drug-likeness (QED) is 0.366. The smallest absolute Gasteiger partial charge is 0.276 e. The van der Waals surface area contributed by atoms with Gasteiger partial charge in [-0.25, -0.2) is 22.2 Å². The molecule has 1 N–H and O–H groups in total. The third-order valence-corrected chi connectivity index (χ3v) is 12.2. The summed E-state index contributed by atoms with van der Waals surface area (Å²) in [5.41, 5.74) is 0.468. The van der Waals surface area contributed by atoms with Crippen molar-refractivity contribution in [3.05, 3.63) is 47.1 Å². The van der Waals surface area contributed by atoms with Crippen LogP contribution in [-0.4, -0.2) is 93.3 Å². The lowest BCUT2D eigenvalue weighted by atomic mass is 9.77. The molecule has 10 nitrogen and oxygen atoms in total. The first kappa shape index (κ1) is 34.0. The van der Waals surface area contributed by atoms with Crippen molar-refractivity contribution >= 4 is 44.9 Å². The van der Waals surface area contributed by atoms with Gasteiger partial charge in [0.1, 0.15) is 11.0 Å². The standard InChI is InChI=1S/C33H43ClF2N6O4S/c34-29-22-26(33(35,36)25-7-5-24(6-8-25)32(44)37-13-17-39-14-1-2-15-39)23-30(38-29)40-18-20-41(21-19-40)47(45,46)28-11-9-27(10-12-28)42-16-3-4-31(42)43/h9-12,22-25H,1-8,13-21H2,(H,37,44)/t24-,25-. The molecule has 1 aliphatic carbocycles. The van der Waals surface area contributed by atoms with Gasteiger partial charge in [0.05, 0.1) is 4.90 Å². The molecule has 2 aromatic rings. The van der Waals surface area contributed by atoms with Crippen molar-refractivity contribution in [2.24, 2.45) is 11.8 Å². The lowest BCUT2D eigenvalue weighted by Crippen LogP contribution is -2.49. The number of pyridine rings is 1. The van der Waals surface area contributed by atoms with Crippen molar-refractivity contribution in [2.45, 2.75) is 62.2 Å². The van der Waals surface area contributed by atoms with Gasteiger partial charge in [0.15, 0.2) is 0 Å². The molecule has 0 unspecified atom stereocenters. The van der Waals surface area contributed by atoms with Crippen LogP contribution in [0.3, 0.4) is 0 Å². The van der Waals surface area contributed by atoms with E-state index in [1.165, 1.54) is 41.4 Å². The number of benzene rings is 1. The fourth-order valence-corrected chi connectivity index (χ4v) is 8.93. The van der Waals surface area contributed by atoms with Gasteiger partial charge in [-0.15, -0.1) is 0 Å². The van der Waals surface area contributed by atoms with E-state index in [-0.39, 0.29) is 78.2 Å². The zero-order chi connectivity index (χ0) is 33.2. The Morgan fingerprint density at radius 1 is 0.936 bits per heavy atom. The third-order valence-electron chi connectivity index (χ3n) is 10.1. The number of aromatic nitrogens is 1. The van der Waals surface area contributed by atoms with Gasteiger partial charge in [0.25, 0.3) is 5.92 Å². The Labute approximate surface area is 280 Å². The summed E-state index contributed by atoms with van der Waals surface area (Å²) in [7, 11) is -3.79. The van der Waals surface area contributed by atoms with Gasteiger partial charge in [-0.3, -0.25) is 9.59 Å². The van der Waals surface area contributed by atoms with E-state index in [0.29, 0.717) is 38.0 Å². The van der Waals surface area contributed by atoms with E-state index in [9.17, 15) is 18.0 Å². The normalized spacial score (nSPS) is 23.4. The first-order valence-corrected chi connectivity index (χ1v) is 18.6. The number of nitrogens with one attached hydrogen (secondary N) is 1. The molecular formula is C33H43ClF2N6O4S. The molecule has 47 heavy (non-hydrogen) atoms. The number of likely N-dealkylation sites (tertiary alicyclic amines) is 1. The van der Waals surface area contributed by atoms with Crippen LogP contribution in [0.25, 0.3) is 0 Å². The van der Waals surface area contributed by atoms with E-state index >= 15 is 8.78 Å². The maximum absolute atomic E-state index is 15.9. The van der Waals surface area contributed by atoms with Gasteiger partial charge in [0, 0.05) is 75.3 Å². The second-order valence-corrected chi connectivity index (χ2v) is 15.4. The highest BCUT2D eigenvalue weighted by atomic mass is 35.5. The van der Waals surface area contributed by atoms with Crippen LogP contribution in [0.15, 0.2) is 41.3 Å². The average molecular weight is 693 g/mol. The lowest BCUT2D eigenvalue weighted by molar-refractivity contribution is -0.129. The van der Waals surface area contributed by atoms with E-state index in [1.54, 1.807) is 21.9 Å². The molecule has 14 heteroatoms. The van der Waals surface area contributed by atoms with Crippen molar-refractivity contribution in [3.63, 3.8) is 0 Å². The number of halogens is 3. The van der Waals surface area contributed by atoms with Gasteiger partial charge in [0.2, 0.25) is 21.8 Å². The molecule has 1 aromatic heterocycles. The molecule has 256 valence electrons. The maximum Gasteiger partial charge on any atom is 0.276 e. The van der Waals surface area contributed by atoms with Gasteiger partial charge < -0.3 is 20.0 Å². The van der Waals surface area contributed by atoms with E-state index in [4.69, 9.17) is 11.6 Å². The summed E-state index contributed by atoms with van der Waals surface area (Å²) < 4.78 is 59.9. The molecule has 4 aliphatic rings. The molecular weight excluding hydrogens is 650 g/mol. The highest BCUT2D eigenvalue weighted by Crippen LogP contribution is 2.46. The van der Waals surface area contributed by atoms with Crippen LogP contribution in [0.5, 0.6) is 0 Å². The number of hydrogen-bond acceptors (Lipinski definition) is 7. The predicted molar refractivity (Wildman–Crippen MR) is 176 cm³/mol. The first-order valence-electron chi connectivity index (χ1n) is 16.7. The SMILES string of the molecule is O=C1CCCN1c1ccc(S(=O)(=O)N2CCN(c3cc(C(F)(F)[C@H]4CC[C@H](C(=O)NCCN5CCCC5)CC4)cc(Cl)n3)CC2)cc1. The third kappa shape index (κ3) is 7.58. The fraction of sp³-hybridized carbons (Fsp3) is 0.606. The Hall–Kier alpha value is -2.87. The van der Waals surface area contributed by atoms with Crippen molar-refractivity contribution in [1.29, 1.82) is 0 Å². The molecule has 4 heterocycles. The molecule has 0 bridgehead atoms. The van der Waals surface area contributed by atoms with Crippen LogP contribution in [0.1, 0.15) is 56.9 Å².